The van der Waals surface area contributed by atoms with E-state index in [0.717, 1.165) is 16.6 Å². The number of H-pyrrole nitrogens is 1. The van der Waals surface area contributed by atoms with E-state index in [2.05, 4.69) is 20.4 Å². The van der Waals surface area contributed by atoms with Gasteiger partial charge in [0.15, 0.2) is 0 Å². The molecule has 1 unspecified atom stereocenters. The van der Waals surface area contributed by atoms with Crippen LogP contribution in [0.15, 0.2) is 71.8 Å². The molecular weight excluding hydrogens is 354 g/mol. The van der Waals surface area contributed by atoms with Gasteiger partial charge >= 0.3 is 0 Å². The molecule has 2 aromatic carbocycles. The van der Waals surface area contributed by atoms with Crippen LogP contribution in [0.4, 0.5) is 0 Å². The minimum absolute atomic E-state index is 0.153. The molecule has 2 N–H and O–H groups in total. The summed E-state index contributed by atoms with van der Waals surface area (Å²) in [6, 6.07) is 16.7. The fourth-order valence-electron chi connectivity index (χ4n) is 3.05. The Labute approximate surface area is 161 Å². The quantitative estimate of drug-likeness (QED) is 0.562. The van der Waals surface area contributed by atoms with Gasteiger partial charge in [-0.2, -0.15) is 5.10 Å². The lowest BCUT2D eigenvalue weighted by atomic mass is 10.2. The molecule has 0 bridgehead atoms. The molecule has 28 heavy (non-hydrogen) atoms. The van der Waals surface area contributed by atoms with Crippen LogP contribution in [0.5, 0.6) is 0 Å². The summed E-state index contributed by atoms with van der Waals surface area (Å²) < 4.78 is 1.17. The predicted molar refractivity (Wildman–Crippen MR) is 107 cm³/mol. The highest BCUT2D eigenvalue weighted by Crippen LogP contribution is 2.18. The number of imidazole rings is 1. The van der Waals surface area contributed by atoms with E-state index in [-0.39, 0.29) is 24.1 Å². The first-order valence-corrected chi connectivity index (χ1v) is 8.96. The Bertz CT molecular complexity index is 1180. The van der Waals surface area contributed by atoms with E-state index >= 15 is 0 Å². The molecule has 2 heterocycles. The second kappa shape index (κ2) is 7.48. The van der Waals surface area contributed by atoms with Crippen molar-refractivity contribution in [3.05, 3.63) is 83.2 Å². The van der Waals surface area contributed by atoms with Gasteiger partial charge in [0.25, 0.3) is 5.56 Å². The van der Waals surface area contributed by atoms with E-state index in [1.54, 1.807) is 24.5 Å². The maximum absolute atomic E-state index is 12.5. The summed E-state index contributed by atoms with van der Waals surface area (Å²) in [5, 5.41) is 8.23. The van der Waals surface area contributed by atoms with Crippen molar-refractivity contribution < 1.29 is 4.79 Å². The predicted octanol–water partition coefficient (Wildman–Crippen LogP) is 2.66. The van der Waals surface area contributed by atoms with Gasteiger partial charge in [-0.25, -0.2) is 9.67 Å². The topological polar surface area (TPSA) is 92.7 Å². The van der Waals surface area contributed by atoms with Crippen molar-refractivity contribution in [2.45, 2.75) is 19.5 Å². The smallest absolute Gasteiger partial charge is 0.275 e. The SMILES string of the molecule is CC(NC(=O)Cn1ncc2ccccc2c1=O)c1ncc(-c2ccccc2)[nH]1. The number of carbonyl (C=O) groups excluding carboxylic acids is 1. The average Bonchev–Trinajstić information content (AvgIpc) is 3.21. The van der Waals surface area contributed by atoms with Gasteiger partial charge in [0.05, 0.1) is 29.5 Å². The molecule has 2 aromatic heterocycles. The lowest BCUT2D eigenvalue weighted by Crippen LogP contribution is -2.35. The van der Waals surface area contributed by atoms with Crippen LogP contribution in [0.25, 0.3) is 22.0 Å². The molecule has 0 aliphatic heterocycles. The highest BCUT2D eigenvalue weighted by Gasteiger charge is 2.15. The van der Waals surface area contributed by atoms with Crippen molar-refractivity contribution in [3.63, 3.8) is 0 Å². The number of hydrogen-bond donors (Lipinski definition) is 2. The number of rotatable bonds is 5. The van der Waals surface area contributed by atoms with Crippen molar-refractivity contribution in [2.24, 2.45) is 0 Å². The van der Waals surface area contributed by atoms with E-state index in [9.17, 15) is 9.59 Å². The molecule has 0 spiro atoms. The van der Waals surface area contributed by atoms with Gasteiger partial charge in [-0.3, -0.25) is 9.59 Å². The molecule has 1 atom stereocenters. The third kappa shape index (κ3) is 3.55. The highest BCUT2D eigenvalue weighted by atomic mass is 16.2. The lowest BCUT2D eigenvalue weighted by Gasteiger charge is -2.12. The van der Waals surface area contributed by atoms with Gasteiger partial charge in [0, 0.05) is 5.39 Å². The number of nitrogens with zero attached hydrogens (tertiary/aromatic N) is 3. The number of nitrogens with one attached hydrogen (secondary N) is 2. The summed E-state index contributed by atoms with van der Waals surface area (Å²) in [5.74, 6) is 0.334. The molecule has 0 saturated heterocycles. The van der Waals surface area contributed by atoms with Gasteiger partial charge in [-0.1, -0.05) is 48.5 Å². The average molecular weight is 373 g/mol. The molecule has 1 amide bonds. The summed E-state index contributed by atoms with van der Waals surface area (Å²) in [6.07, 6.45) is 3.33. The molecule has 0 radical (unpaired) electrons. The number of aromatic nitrogens is 4. The Morgan fingerprint density at radius 3 is 2.68 bits per heavy atom. The normalized spacial score (nSPS) is 12.0. The van der Waals surface area contributed by atoms with Crippen LogP contribution in [0.3, 0.4) is 0 Å². The van der Waals surface area contributed by atoms with Crippen LogP contribution in [-0.4, -0.2) is 25.7 Å². The van der Waals surface area contributed by atoms with Gasteiger partial charge in [-0.15, -0.1) is 0 Å². The molecule has 7 nitrogen and oxygen atoms in total. The second-order valence-electron chi connectivity index (χ2n) is 6.53. The summed E-state index contributed by atoms with van der Waals surface area (Å²) in [5.41, 5.74) is 1.61. The lowest BCUT2D eigenvalue weighted by molar-refractivity contribution is -0.122. The molecule has 7 heteroatoms. The van der Waals surface area contributed by atoms with Gasteiger partial charge in [0.1, 0.15) is 12.4 Å². The maximum atomic E-state index is 12.5. The minimum atomic E-state index is -0.332. The molecule has 0 aliphatic carbocycles. The van der Waals surface area contributed by atoms with E-state index in [4.69, 9.17) is 0 Å². The van der Waals surface area contributed by atoms with Crippen molar-refractivity contribution in [1.29, 1.82) is 0 Å². The van der Waals surface area contributed by atoms with Gasteiger partial charge in [-0.05, 0) is 18.6 Å². The van der Waals surface area contributed by atoms with E-state index < -0.39 is 0 Å². The monoisotopic (exact) mass is 373 g/mol. The Morgan fingerprint density at radius 1 is 1.11 bits per heavy atom. The zero-order valence-corrected chi connectivity index (χ0v) is 15.3. The Morgan fingerprint density at radius 2 is 1.86 bits per heavy atom. The Balaban J connectivity index is 1.46. The van der Waals surface area contributed by atoms with Crippen molar-refractivity contribution in [1.82, 2.24) is 25.1 Å². The van der Waals surface area contributed by atoms with Gasteiger partial charge in [0.2, 0.25) is 5.91 Å². The third-order valence-electron chi connectivity index (χ3n) is 4.52. The molecule has 0 aliphatic rings. The van der Waals surface area contributed by atoms with Crippen molar-refractivity contribution in [3.8, 4) is 11.3 Å². The van der Waals surface area contributed by atoms with Crippen LogP contribution in [0.2, 0.25) is 0 Å². The van der Waals surface area contributed by atoms with Crippen molar-refractivity contribution in [2.75, 3.05) is 0 Å². The zero-order valence-electron chi connectivity index (χ0n) is 15.3. The number of aromatic amines is 1. The standard InChI is InChI=1S/C21H19N5O2/c1-14(20-22-12-18(25-20)15-7-3-2-4-8-15)24-19(27)13-26-21(28)17-10-6-5-9-16(17)11-23-26/h2-12,14H,13H2,1H3,(H,22,25)(H,24,27). The number of benzene rings is 2. The van der Waals surface area contributed by atoms with Gasteiger partial charge < -0.3 is 10.3 Å². The third-order valence-corrected chi connectivity index (χ3v) is 4.52. The largest absolute Gasteiger partial charge is 0.345 e. The Hall–Kier alpha value is -3.74. The maximum Gasteiger partial charge on any atom is 0.275 e. The first-order chi connectivity index (χ1) is 13.6. The van der Waals surface area contributed by atoms with Crippen LogP contribution < -0.4 is 10.9 Å². The van der Waals surface area contributed by atoms with Crippen molar-refractivity contribution >= 4 is 16.7 Å². The van der Waals surface area contributed by atoms with E-state index in [1.165, 1.54) is 4.68 Å². The summed E-state index contributed by atoms with van der Waals surface area (Å²) in [7, 11) is 0. The summed E-state index contributed by atoms with van der Waals surface area (Å²) >= 11 is 0. The van der Waals surface area contributed by atoms with Crippen LogP contribution in [-0.2, 0) is 11.3 Å². The van der Waals surface area contributed by atoms with E-state index in [1.807, 2.05) is 49.4 Å². The fourth-order valence-corrected chi connectivity index (χ4v) is 3.05. The number of fused-ring (bicyclic) bond motifs is 1. The van der Waals surface area contributed by atoms with Crippen LogP contribution in [0, 0.1) is 0 Å². The first kappa shape index (κ1) is 17.7. The first-order valence-electron chi connectivity index (χ1n) is 8.96. The molecule has 4 aromatic rings. The number of carbonyl (C=O) groups is 1. The molecule has 140 valence electrons. The molecular formula is C21H19N5O2. The fraction of sp³-hybridized carbons (Fsp3) is 0.143. The minimum Gasteiger partial charge on any atom is -0.345 e. The second-order valence-corrected chi connectivity index (χ2v) is 6.53. The molecule has 0 fully saturated rings. The van der Waals surface area contributed by atoms with Crippen LogP contribution in [0.1, 0.15) is 18.8 Å². The molecule has 4 rings (SSSR count). The summed E-state index contributed by atoms with van der Waals surface area (Å²) in [4.78, 5) is 32.5. The number of amides is 1. The number of hydrogen-bond acceptors (Lipinski definition) is 4. The highest BCUT2D eigenvalue weighted by molar-refractivity contribution is 5.81. The zero-order chi connectivity index (χ0) is 19.5. The van der Waals surface area contributed by atoms with Crippen LogP contribution >= 0.6 is 0 Å². The summed E-state index contributed by atoms with van der Waals surface area (Å²) in [6.45, 7) is 1.68. The molecule has 0 saturated carbocycles. The van der Waals surface area contributed by atoms with E-state index in [0.29, 0.717) is 11.2 Å². The Kier molecular flexibility index (Phi) is 4.72.